The molecule has 1 aliphatic carbocycles. The zero-order valence-corrected chi connectivity index (χ0v) is 13.9. The second-order valence-corrected chi connectivity index (χ2v) is 7.12. The van der Waals surface area contributed by atoms with Gasteiger partial charge in [0.25, 0.3) is 0 Å². The fourth-order valence-electron chi connectivity index (χ4n) is 3.31. The van der Waals surface area contributed by atoms with Crippen LogP contribution in [0.1, 0.15) is 44.0 Å². The lowest BCUT2D eigenvalue weighted by atomic mass is 9.81. The molecule has 8 heteroatoms. The van der Waals surface area contributed by atoms with E-state index in [2.05, 4.69) is 15.5 Å². The summed E-state index contributed by atoms with van der Waals surface area (Å²) in [6, 6.07) is 0. The second kappa shape index (κ2) is 6.74. The Morgan fingerprint density at radius 3 is 2.48 bits per heavy atom. The van der Waals surface area contributed by atoms with Crippen molar-refractivity contribution in [3.63, 3.8) is 0 Å². The van der Waals surface area contributed by atoms with E-state index in [0.29, 0.717) is 5.13 Å². The molecule has 3 rings (SSSR count). The Morgan fingerprint density at radius 2 is 1.87 bits per heavy atom. The van der Waals surface area contributed by atoms with Gasteiger partial charge in [-0.25, -0.2) is 0 Å². The van der Waals surface area contributed by atoms with Crippen molar-refractivity contribution in [3.05, 3.63) is 5.01 Å². The van der Waals surface area contributed by atoms with E-state index in [4.69, 9.17) is 0 Å². The van der Waals surface area contributed by atoms with Crippen molar-refractivity contribution in [1.82, 2.24) is 15.1 Å². The zero-order chi connectivity index (χ0) is 16.4. The molecule has 1 aromatic rings. The maximum atomic E-state index is 12.3. The van der Waals surface area contributed by atoms with Gasteiger partial charge in [0.15, 0.2) is 0 Å². The Balaban J connectivity index is 1.60. The summed E-state index contributed by atoms with van der Waals surface area (Å²) in [5.74, 6) is -1.23. The monoisotopic (exact) mass is 336 g/mol. The standard InChI is InChI=1S/C15H20N4O3S/c1-2-5-12-17-18-15(23-12)16-11(20)8-19-13(21)9-6-3-4-7-10(9)14(19)22/h9-10H,2-8H2,1H3,(H,16,18,20)/t9-,10+. The van der Waals surface area contributed by atoms with Crippen LogP contribution in [0.5, 0.6) is 0 Å². The summed E-state index contributed by atoms with van der Waals surface area (Å²) in [6.45, 7) is 1.82. The van der Waals surface area contributed by atoms with Gasteiger partial charge in [0.2, 0.25) is 22.9 Å². The SMILES string of the molecule is CCCc1nnc(NC(=O)CN2C(=O)[C@H]3CCCC[C@H]3C2=O)s1. The molecule has 3 amide bonds. The number of aryl methyl sites for hydroxylation is 1. The minimum atomic E-state index is -0.399. The van der Waals surface area contributed by atoms with Crippen molar-refractivity contribution in [2.75, 3.05) is 11.9 Å². The highest BCUT2D eigenvalue weighted by Crippen LogP contribution is 2.37. The molecule has 2 heterocycles. The van der Waals surface area contributed by atoms with Crippen LogP contribution >= 0.6 is 11.3 Å². The normalized spacial score (nSPS) is 24.0. The average molecular weight is 336 g/mol. The lowest BCUT2D eigenvalue weighted by molar-refractivity contribution is -0.142. The third-order valence-corrected chi connectivity index (χ3v) is 5.31. The first-order valence-corrected chi connectivity index (χ1v) is 8.89. The van der Waals surface area contributed by atoms with Crippen LogP contribution in [-0.4, -0.2) is 39.4 Å². The molecule has 0 bridgehead atoms. The van der Waals surface area contributed by atoms with Crippen LogP contribution in [-0.2, 0) is 20.8 Å². The number of hydrogen-bond acceptors (Lipinski definition) is 6. The van der Waals surface area contributed by atoms with E-state index in [9.17, 15) is 14.4 Å². The molecule has 2 atom stereocenters. The highest BCUT2D eigenvalue weighted by molar-refractivity contribution is 7.15. The van der Waals surface area contributed by atoms with Crippen LogP contribution in [0.25, 0.3) is 0 Å². The fourth-order valence-corrected chi connectivity index (χ4v) is 4.17. The molecule has 7 nitrogen and oxygen atoms in total. The fraction of sp³-hybridized carbons (Fsp3) is 0.667. The van der Waals surface area contributed by atoms with Crippen molar-refractivity contribution in [2.24, 2.45) is 11.8 Å². The maximum absolute atomic E-state index is 12.3. The molecule has 2 aliphatic rings. The van der Waals surface area contributed by atoms with E-state index in [1.54, 1.807) is 0 Å². The Kier molecular flexibility index (Phi) is 4.70. The van der Waals surface area contributed by atoms with Crippen LogP contribution < -0.4 is 5.32 Å². The van der Waals surface area contributed by atoms with Crippen molar-refractivity contribution >= 4 is 34.2 Å². The Bertz CT molecular complexity index is 606. The Morgan fingerprint density at radius 1 is 1.22 bits per heavy atom. The lowest BCUT2D eigenvalue weighted by Crippen LogP contribution is -2.38. The highest BCUT2D eigenvalue weighted by atomic mass is 32.1. The van der Waals surface area contributed by atoms with Gasteiger partial charge in [-0.1, -0.05) is 31.1 Å². The number of carbonyl (C=O) groups is 3. The highest BCUT2D eigenvalue weighted by Gasteiger charge is 2.48. The van der Waals surface area contributed by atoms with Crippen LogP contribution in [0, 0.1) is 11.8 Å². The van der Waals surface area contributed by atoms with E-state index in [1.807, 2.05) is 6.92 Å². The van der Waals surface area contributed by atoms with Crippen molar-refractivity contribution in [3.8, 4) is 0 Å². The molecule has 1 aliphatic heterocycles. The largest absolute Gasteiger partial charge is 0.299 e. The van der Waals surface area contributed by atoms with Gasteiger partial charge in [-0.3, -0.25) is 24.6 Å². The molecule has 1 aromatic heterocycles. The number of fused-ring (bicyclic) bond motifs is 1. The van der Waals surface area contributed by atoms with Gasteiger partial charge in [-0.15, -0.1) is 10.2 Å². The molecule has 1 saturated heterocycles. The smallest absolute Gasteiger partial charge is 0.246 e. The number of amides is 3. The first kappa shape index (κ1) is 16.0. The van der Waals surface area contributed by atoms with Gasteiger partial charge in [0, 0.05) is 6.42 Å². The van der Waals surface area contributed by atoms with Gasteiger partial charge in [0.1, 0.15) is 11.6 Å². The van der Waals surface area contributed by atoms with Crippen LogP contribution in [0.4, 0.5) is 5.13 Å². The van der Waals surface area contributed by atoms with Crippen LogP contribution in [0.3, 0.4) is 0 Å². The molecule has 1 saturated carbocycles. The molecule has 1 N–H and O–H groups in total. The predicted octanol–water partition coefficient (Wildman–Crippen LogP) is 1.60. The first-order valence-electron chi connectivity index (χ1n) is 8.07. The van der Waals surface area contributed by atoms with Crippen LogP contribution in [0.15, 0.2) is 0 Å². The molecule has 0 aromatic carbocycles. The van der Waals surface area contributed by atoms with E-state index in [1.165, 1.54) is 11.3 Å². The minimum absolute atomic E-state index is 0.196. The summed E-state index contributed by atoms with van der Waals surface area (Å²) in [4.78, 5) is 37.9. The third kappa shape index (κ3) is 3.26. The van der Waals surface area contributed by atoms with E-state index in [-0.39, 0.29) is 30.2 Å². The number of anilines is 1. The van der Waals surface area contributed by atoms with E-state index in [0.717, 1.165) is 48.4 Å². The van der Waals surface area contributed by atoms with Gasteiger partial charge >= 0.3 is 0 Å². The summed E-state index contributed by atoms with van der Waals surface area (Å²) >= 11 is 1.32. The van der Waals surface area contributed by atoms with Crippen molar-refractivity contribution < 1.29 is 14.4 Å². The Labute approximate surface area is 138 Å². The van der Waals surface area contributed by atoms with Crippen molar-refractivity contribution in [2.45, 2.75) is 45.4 Å². The maximum Gasteiger partial charge on any atom is 0.246 e. The molecule has 0 unspecified atom stereocenters. The van der Waals surface area contributed by atoms with E-state index < -0.39 is 5.91 Å². The quantitative estimate of drug-likeness (QED) is 0.825. The topological polar surface area (TPSA) is 92.3 Å². The summed E-state index contributed by atoms with van der Waals surface area (Å²) in [5.41, 5.74) is 0. The number of rotatable bonds is 5. The third-order valence-electron chi connectivity index (χ3n) is 4.41. The molecule has 0 radical (unpaired) electrons. The van der Waals surface area contributed by atoms with Crippen LogP contribution in [0.2, 0.25) is 0 Å². The number of hydrogen-bond donors (Lipinski definition) is 1. The number of likely N-dealkylation sites (tertiary alicyclic amines) is 1. The molecular formula is C15H20N4O3S. The summed E-state index contributed by atoms with van der Waals surface area (Å²) in [5, 5.41) is 11.8. The first-order chi connectivity index (χ1) is 11.1. The van der Waals surface area contributed by atoms with E-state index >= 15 is 0 Å². The molecule has 23 heavy (non-hydrogen) atoms. The van der Waals surface area contributed by atoms with Crippen molar-refractivity contribution in [1.29, 1.82) is 0 Å². The molecule has 2 fully saturated rings. The summed E-state index contributed by atoms with van der Waals surface area (Å²) in [7, 11) is 0. The molecule has 124 valence electrons. The van der Waals surface area contributed by atoms with Gasteiger partial charge < -0.3 is 0 Å². The van der Waals surface area contributed by atoms with Gasteiger partial charge in [0.05, 0.1) is 11.8 Å². The minimum Gasteiger partial charge on any atom is -0.299 e. The number of nitrogens with zero attached hydrogens (tertiary/aromatic N) is 3. The number of aromatic nitrogens is 2. The summed E-state index contributed by atoms with van der Waals surface area (Å²) < 4.78 is 0. The van der Waals surface area contributed by atoms with Gasteiger partial charge in [-0.2, -0.15) is 0 Å². The predicted molar refractivity (Wildman–Crippen MR) is 84.7 cm³/mol. The van der Waals surface area contributed by atoms with Gasteiger partial charge in [-0.05, 0) is 19.3 Å². The Hall–Kier alpha value is -1.83. The second-order valence-electron chi connectivity index (χ2n) is 6.06. The average Bonchev–Trinajstić information content (AvgIpc) is 3.07. The number of nitrogens with one attached hydrogen (secondary N) is 1. The zero-order valence-electron chi connectivity index (χ0n) is 13.1. The summed E-state index contributed by atoms with van der Waals surface area (Å²) in [6.07, 6.45) is 5.24. The molecule has 0 spiro atoms. The number of carbonyl (C=O) groups excluding carboxylic acids is 3. The molecular weight excluding hydrogens is 316 g/mol. The lowest BCUT2D eigenvalue weighted by Gasteiger charge is -2.19. The number of imide groups is 1.